The quantitative estimate of drug-likeness (QED) is 0.602. The van der Waals surface area contributed by atoms with Crippen LogP contribution in [0.5, 0.6) is 0 Å². The molecule has 0 radical (unpaired) electrons. The lowest BCUT2D eigenvalue weighted by molar-refractivity contribution is 0.0641. The minimum absolute atomic E-state index is 0.180. The fourth-order valence-corrected chi connectivity index (χ4v) is 4.99. The second-order valence-corrected chi connectivity index (χ2v) is 9.08. The zero-order valence-electron chi connectivity index (χ0n) is 15.3. The Morgan fingerprint density at radius 1 is 1.44 bits per heavy atom. The molecule has 1 heterocycles. The normalized spacial score (nSPS) is 17.0. The molecule has 1 aliphatic carbocycles. The topological polar surface area (TPSA) is 95.7 Å². The Hall–Kier alpha value is -0.960. The molecule has 1 aromatic heterocycles. The maximum Gasteiger partial charge on any atom is 0.227 e. The number of nitrogens with zero attached hydrogens (tertiary/aromatic N) is 3. The molecule has 0 bridgehead atoms. The molecule has 25 heavy (non-hydrogen) atoms. The molecule has 2 N–H and O–H groups in total. The highest BCUT2D eigenvalue weighted by Gasteiger charge is 2.30. The summed E-state index contributed by atoms with van der Waals surface area (Å²) in [6.07, 6.45) is 5.78. The number of imidazole rings is 1. The predicted octanol–water partition coefficient (Wildman–Crippen LogP) is 1.04. The van der Waals surface area contributed by atoms with Gasteiger partial charge in [0.1, 0.15) is 0 Å². The molecule has 1 atom stereocenters. The Labute approximate surface area is 150 Å². The fourth-order valence-electron chi connectivity index (χ4n) is 3.12. The maximum atomic E-state index is 12.8. The van der Waals surface area contributed by atoms with E-state index in [1.807, 2.05) is 16.5 Å². The van der Waals surface area contributed by atoms with Gasteiger partial charge in [-0.2, -0.15) is 0 Å². The van der Waals surface area contributed by atoms with Gasteiger partial charge in [0, 0.05) is 19.6 Å². The molecule has 1 fully saturated rings. The maximum absolute atomic E-state index is 12.8. The van der Waals surface area contributed by atoms with Crippen LogP contribution in [0.15, 0.2) is 11.4 Å². The summed E-state index contributed by atoms with van der Waals surface area (Å²) in [7, 11) is -1.55. The van der Waals surface area contributed by atoms with Gasteiger partial charge in [-0.25, -0.2) is 13.4 Å². The Morgan fingerprint density at radius 2 is 2.16 bits per heavy atom. The van der Waals surface area contributed by atoms with Crippen molar-refractivity contribution in [3.8, 4) is 0 Å². The summed E-state index contributed by atoms with van der Waals surface area (Å²) in [5, 5.41) is 18.7. The van der Waals surface area contributed by atoms with E-state index >= 15 is 0 Å². The number of aliphatic hydroxyl groups is 2. The average Bonchev–Trinajstić information content (AvgIpc) is 2.92. The van der Waals surface area contributed by atoms with E-state index in [-0.39, 0.29) is 23.4 Å². The van der Waals surface area contributed by atoms with Crippen LogP contribution in [0.2, 0.25) is 0 Å². The van der Waals surface area contributed by atoms with Gasteiger partial charge in [0.25, 0.3) is 0 Å². The van der Waals surface area contributed by atoms with Crippen LogP contribution in [0.4, 0.5) is 0 Å². The number of likely N-dealkylation sites (N-methyl/N-ethyl adjacent to an activating group) is 1. The van der Waals surface area contributed by atoms with Crippen LogP contribution in [0.3, 0.4) is 0 Å². The molecule has 0 aliphatic heterocycles. The lowest BCUT2D eigenvalue weighted by atomic mass is 9.87. The molecule has 1 aliphatic rings. The summed E-state index contributed by atoms with van der Waals surface area (Å²) < 4.78 is 27.4. The number of hydrogen-bond donors (Lipinski definition) is 2. The SMILES string of the molecule is CCCCn1c(CN(C)C[C@@H](O)CO)cnc1S(=O)(=O)CC1CCC1. The highest BCUT2D eigenvalue weighted by Crippen LogP contribution is 2.29. The van der Waals surface area contributed by atoms with E-state index in [1.165, 1.54) is 0 Å². The second-order valence-electron chi connectivity index (χ2n) is 7.15. The Morgan fingerprint density at radius 3 is 2.72 bits per heavy atom. The first-order chi connectivity index (χ1) is 11.9. The van der Waals surface area contributed by atoms with Gasteiger partial charge >= 0.3 is 0 Å². The van der Waals surface area contributed by atoms with Gasteiger partial charge in [0.2, 0.25) is 15.0 Å². The second kappa shape index (κ2) is 9.12. The van der Waals surface area contributed by atoms with Gasteiger partial charge in [0.15, 0.2) is 0 Å². The van der Waals surface area contributed by atoms with Gasteiger partial charge in [-0.3, -0.25) is 4.90 Å². The molecule has 144 valence electrons. The van der Waals surface area contributed by atoms with E-state index in [0.29, 0.717) is 19.6 Å². The van der Waals surface area contributed by atoms with Crippen LogP contribution in [-0.4, -0.2) is 65.1 Å². The lowest BCUT2D eigenvalue weighted by Crippen LogP contribution is -2.32. The summed E-state index contributed by atoms with van der Waals surface area (Å²) >= 11 is 0. The van der Waals surface area contributed by atoms with Crippen LogP contribution in [0.1, 0.15) is 44.7 Å². The molecule has 0 spiro atoms. The minimum Gasteiger partial charge on any atom is -0.394 e. The fraction of sp³-hybridized carbons (Fsp3) is 0.824. The molecule has 0 amide bonds. The standard InChI is InChI=1S/C17H31N3O4S/c1-3-4-8-20-15(10-19(2)11-16(22)12-21)9-18-17(20)25(23,24)13-14-6-5-7-14/h9,14,16,21-22H,3-8,10-13H2,1-2H3/t16-/m1/s1. The highest BCUT2D eigenvalue weighted by atomic mass is 32.2. The zero-order chi connectivity index (χ0) is 18.4. The first kappa shape index (κ1) is 20.4. The van der Waals surface area contributed by atoms with E-state index < -0.39 is 15.9 Å². The molecule has 1 saturated carbocycles. The van der Waals surface area contributed by atoms with Crippen molar-refractivity contribution >= 4 is 9.84 Å². The van der Waals surface area contributed by atoms with E-state index in [4.69, 9.17) is 5.11 Å². The molecule has 7 nitrogen and oxygen atoms in total. The largest absolute Gasteiger partial charge is 0.394 e. The molecule has 0 saturated heterocycles. The predicted molar refractivity (Wildman–Crippen MR) is 96.0 cm³/mol. The van der Waals surface area contributed by atoms with Crippen LogP contribution in [0, 0.1) is 5.92 Å². The van der Waals surface area contributed by atoms with Crippen molar-refractivity contribution in [3.63, 3.8) is 0 Å². The third kappa shape index (κ3) is 5.51. The van der Waals surface area contributed by atoms with Gasteiger partial charge in [-0.05, 0) is 32.2 Å². The van der Waals surface area contributed by atoms with E-state index in [9.17, 15) is 13.5 Å². The zero-order valence-corrected chi connectivity index (χ0v) is 16.1. The van der Waals surface area contributed by atoms with Crippen LogP contribution >= 0.6 is 0 Å². The smallest absolute Gasteiger partial charge is 0.227 e. The summed E-state index contributed by atoms with van der Waals surface area (Å²) in [5.41, 5.74) is 0.827. The van der Waals surface area contributed by atoms with Crippen molar-refractivity contribution in [2.45, 2.75) is 63.4 Å². The Bertz CT molecular complexity index is 640. The van der Waals surface area contributed by atoms with Crippen molar-refractivity contribution in [3.05, 3.63) is 11.9 Å². The first-order valence-corrected chi connectivity index (χ1v) is 10.8. The van der Waals surface area contributed by atoms with Gasteiger partial charge in [0.05, 0.1) is 30.4 Å². The van der Waals surface area contributed by atoms with Crippen LogP contribution < -0.4 is 0 Å². The molecular weight excluding hydrogens is 342 g/mol. The molecule has 2 rings (SSSR count). The van der Waals surface area contributed by atoms with Crippen LogP contribution in [-0.2, 0) is 22.9 Å². The monoisotopic (exact) mass is 373 g/mol. The molecule has 0 aromatic carbocycles. The number of sulfone groups is 1. The van der Waals surface area contributed by atoms with E-state index in [0.717, 1.165) is 37.8 Å². The molecule has 1 aromatic rings. The number of rotatable bonds is 11. The van der Waals surface area contributed by atoms with Crippen molar-refractivity contribution in [2.24, 2.45) is 5.92 Å². The Kier molecular flexibility index (Phi) is 7.42. The minimum atomic E-state index is -3.38. The highest BCUT2D eigenvalue weighted by molar-refractivity contribution is 7.91. The lowest BCUT2D eigenvalue weighted by Gasteiger charge is -2.25. The summed E-state index contributed by atoms with van der Waals surface area (Å²) in [4.78, 5) is 6.10. The Balaban J connectivity index is 2.17. The number of aromatic nitrogens is 2. The van der Waals surface area contributed by atoms with Crippen molar-refractivity contribution in [2.75, 3.05) is 26.0 Å². The van der Waals surface area contributed by atoms with Gasteiger partial charge in [-0.15, -0.1) is 0 Å². The van der Waals surface area contributed by atoms with E-state index in [1.54, 1.807) is 6.20 Å². The first-order valence-electron chi connectivity index (χ1n) is 9.12. The average molecular weight is 374 g/mol. The molecule has 0 unspecified atom stereocenters. The van der Waals surface area contributed by atoms with Gasteiger partial charge in [-0.1, -0.05) is 19.8 Å². The summed E-state index contributed by atoms with van der Waals surface area (Å²) in [5.74, 6) is 0.460. The van der Waals surface area contributed by atoms with Crippen molar-refractivity contribution < 1.29 is 18.6 Å². The molecular formula is C17H31N3O4S. The molecule has 8 heteroatoms. The summed E-state index contributed by atoms with van der Waals surface area (Å²) in [6.45, 7) is 3.21. The van der Waals surface area contributed by atoms with E-state index in [2.05, 4.69) is 11.9 Å². The third-order valence-electron chi connectivity index (χ3n) is 4.76. The number of unbranched alkanes of at least 4 members (excludes halogenated alkanes) is 1. The van der Waals surface area contributed by atoms with Gasteiger partial charge < -0.3 is 14.8 Å². The third-order valence-corrected chi connectivity index (χ3v) is 6.55. The van der Waals surface area contributed by atoms with Crippen molar-refractivity contribution in [1.29, 1.82) is 0 Å². The number of hydrogen-bond acceptors (Lipinski definition) is 6. The van der Waals surface area contributed by atoms with Crippen LogP contribution in [0.25, 0.3) is 0 Å². The number of aliphatic hydroxyl groups excluding tert-OH is 2. The van der Waals surface area contributed by atoms with Crippen molar-refractivity contribution in [1.82, 2.24) is 14.5 Å². The summed E-state index contributed by atoms with van der Waals surface area (Å²) in [6, 6.07) is 0.